The fourth-order valence-electron chi connectivity index (χ4n) is 9.83. The predicted octanol–water partition coefficient (Wildman–Crippen LogP) is 16.4. The quantitative estimate of drug-likeness (QED) is 0.146. The molecule has 0 N–H and O–H groups in total. The van der Waals surface area contributed by atoms with Crippen LogP contribution in [-0.2, 0) is 5.41 Å². The third kappa shape index (κ3) is 5.77. The van der Waals surface area contributed by atoms with E-state index >= 15 is 0 Å². The van der Waals surface area contributed by atoms with Gasteiger partial charge in [0.2, 0.25) is 0 Å². The van der Waals surface area contributed by atoms with Gasteiger partial charge < -0.3 is 4.90 Å². The van der Waals surface area contributed by atoms with Crippen molar-refractivity contribution in [2.45, 2.75) is 19.3 Å². The van der Waals surface area contributed by atoms with E-state index in [2.05, 4.69) is 243 Å². The first-order valence-corrected chi connectivity index (χ1v) is 20.9. The molecule has 0 aromatic heterocycles. The highest BCUT2D eigenvalue weighted by atomic mass is 15.1. The lowest BCUT2D eigenvalue weighted by Crippen LogP contribution is -2.15. The van der Waals surface area contributed by atoms with Gasteiger partial charge in [-0.2, -0.15) is 0 Å². The zero-order valence-electron chi connectivity index (χ0n) is 33.8. The first kappa shape index (κ1) is 35.7. The molecule has 0 bridgehead atoms. The molecule has 10 aromatic carbocycles. The molecule has 0 heterocycles. The zero-order valence-corrected chi connectivity index (χ0v) is 33.8. The van der Waals surface area contributed by atoms with Gasteiger partial charge in [0.1, 0.15) is 0 Å². The normalized spacial score (nSPS) is 12.6. The van der Waals surface area contributed by atoms with Crippen LogP contribution >= 0.6 is 0 Å². The van der Waals surface area contributed by atoms with Crippen molar-refractivity contribution >= 4 is 38.6 Å². The van der Waals surface area contributed by atoms with Crippen LogP contribution in [0, 0.1) is 0 Å². The topological polar surface area (TPSA) is 3.24 Å². The molecule has 0 saturated heterocycles. The van der Waals surface area contributed by atoms with E-state index in [0.29, 0.717) is 0 Å². The first-order chi connectivity index (χ1) is 29.6. The van der Waals surface area contributed by atoms with Gasteiger partial charge in [0.15, 0.2) is 0 Å². The Balaban J connectivity index is 1.25. The third-order valence-corrected chi connectivity index (χ3v) is 12.7. The van der Waals surface area contributed by atoms with Gasteiger partial charge in [-0.15, -0.1) is 0 Å². The Morgan fingerprint density at radius 3 is 1.60 bits per heavy atom. The van der Waals surface area contributed by atoms with Crippen molar-refractivity contribution in [3.63, 3.8) is 0 Å². The molecule has 0 aliphatic heterocycles. The molecule has 0 fully saturated rings. The molecule has 1 aliphatic carbocycles. The van der Waals surface area contributed by atoms with Crippen molar-refractivity contribution < 1.29 is 0 Å². The lowest BCUT2D eigenvalue weighted by atomic mass is 9.81. The van der Waals surface area contributed by atoms with Crippen molar-refractivity contribution in [1.82, 2.24) is 0 Å². The second kappa shape index (κ2) is 14.4. The molecule has 0 saturated carbocycles. The summed E-state index contributed by atoms with van der Waals surface area (Å²) >= 11 is 0. The summed E-state index contributed by atoms with van der Waals surface area (Å²) < 4.78 is 0. The van der Waals surface area contributed by atoms with Crippen molar-refractivity contribution in [1.29, 1.82) is 0 Å². The number of rotatable bonds is 7. The van der Waals surface area contributed by atoms with E-state index in [1.807, 2.05) is 0 Å². The minimum absolute atomic E-state index is 0.122. The van der Waals surface area contributed by atoms with Gasteiger partial charge in [-0.25, -0.2) is 0 Å². The second-order valence-corrected chi connectivity index (χ2v) is 16.4. The third-order valence-electron chi connectivity index (χ3n) is 12.7. The summed E-state index contributed by atoms with van der Waals surface area (Å²) in [6.07, 6.45) is 0. The summed E-state index contributed by atoms with van der Waals surface area (Å²) in [6.45, 7) is 4.73. The molecule has 60 heavy (non-hydrogen) atoms. The number of hydrogen-bond donors (Lipinski definition) is 0. The summed E-state index contributed by atoms with van der Waals surface area (Å²) in [6, 6.07) is 82.6. The summed E-state index contributed by atoms with van der Waals surface area (Å²) in [7, 11) is 0. The average molecular weight is 766 g/mol. The number of nitrogens with zero attached hydrogens (tertiary/aromatic N) is 1. The maximum absolute atomic E-state index is 2.56. The molecule has 0 radical (unpaired) electrons. The molecular weight excluding hydrogens is 723 g/mol. The molecule has 11 rings (SSSR count). The van der Waals surface area contributed by atoms with Crippen LogP contribution in [0.5, 0.6) is 0 Å². The average Bonchev–Trinajstić information content (AvgIpc) is 3.55. The molecule has 10 aromatic rings. The zero-order chi connectivity index (χ0) is 40.2. The Bertz CT molecular complexity index is 3230. The summed E-state index contributed by atoms with van der Waals surface area (Å²) in [5.74, 6) is 0. The molecule has 1 aliphatic rings. The van der Waals surface area contributed by atoms with E-state index in [-0.39, 0.29) is 5.41 Å². The fraction of sp³-hybridized carbons (Fsp3) is 0.0508. The molecular formula is C59H43N. The molecule has 0 amide bonds. The largest absolute Gasteiger partial charge is 0.309 e. The van der Waals surface area contributed by atoms with Crippen molar-refractivity contribution in [2.24, 2.45) is 0 Å². The van der Waals surface area contributed by atoms with E-state index in [1.54, 1.807) is 0 Å². The van der Waals surface area contributed by atoms with Gasteiger partial charge in [0.05, 0.1) is 17.1 Å². The molecule has 1 nitrogen and oxygen atoms in total. The maximum atomic E-state index is 2.56. The first-order valence-electron chi connectivity index (χ1n) is 20.9. The van der Waals surface area contributed by atoms with Crippen LogP contribution in [0.25, 0.3) is 77.2 Å². The Morgan fingerprint density at radius 1 is 0.300 bits per heavy atom. The van der Waals surface area contributed by atoms with E-state index in [0.717, 1.165) is 17.1 Å². The van der Waals surface area contributed by atoms with E-state index in [9.17, 15) is 0 Å². The number of fused-ring (bicyclic) bond motifs is 6. The number of para-hydroxylation sites is 1. The number of anilines is 3. The van der Waals surface area contributed by atoms with Crippen molar-refractivity contribution in [3.8, 4) is 55.6 Å². The molecule has 0 spiro atoms. The van der Waals surface area contributed by atoms with Gasteiger partial charge in [-0.1, -0.05) is 214 Å². The highest BCUT2D eigenvalue weighted by Crippen LogP contribution is 2.53. The highest BCUT2D eigenvalue weighted by molar-refractivity contribution is 6.16. The van der Waals surface area contributed by atoms with Crippen LogP contribution in [-0.4, -0.2) is 0 Å². The van der Waals surface area contributed by atoms with Crippen LogP contribution in [0.3, 0.4) is 0 Å². The standard InChI is InChI=1S/C59H43N/c1-59(2)53-33-17-15-29-49(53)50-37-36-43(38-54(50)59)46-27-16-18-34-55(46)60(57-39-42-24-9-10-26-45(42)48-28-12-13-30-51(48)57)56-35-19-32-47(41-22-7-4-8-23-41)58(56)52-31-14-11-25-44(52)40-20-5-3-6-21-40/h3-39H,1-2H3. The van der Waals surface area contributed by atoms with Crippen LogP contribution in [0.2, 0.25) is 0 Å². The smallest absolute Gasteiger partial charge is 0.0547 e. The maximum Gasteiger partial charge on any atom is 0.0547 e. The fourth-order valence-corrected chi connectivity index (χ4v) is 9.83. The molecule has 1 heteroatoms. The number of benzene rings is 10. The van der Waals surface area contributed by atoms with Gasteiger partial charge in [0, 0.05) is 21.9 Å². The molecule has 284 valence electrons. The Kier molecular flexibility index (Phi) is 8.57. The van der Waals surface area contributed by atoms with E-state index in [4.69, 9.17) is 0 Å². The van der Waals surface area contributed by atoms with Crippen LogP contribution < -0.4 is 4.90 Å². The monoisotopic (exact) mass is 765 g/mol. The van der Waals surface area contributed by atoms with Crippen LogP contribution in [0.1, 0.15) is 25.0 Å². The Morgan fingerprint density at radius 2 is 0.833 bits per heavy atom. The Hall–Kier alpha value is -7.48. The Labute approximate surface area is 352 Å². The predicted molar refractivity (Wildman–Crippen MR) is 255 cm³/mol. The summed E-state index contributed by atoms with van der Waals surface area (Å²) in [5, 5.41) is 4.88. The highest BCUT2D eigenvalue weighted by Gasteiger charge is 2.35. The minimum atomic E-state index is -0.122. The lowest BCUT2D eigenvalue weighted by Gasteiger charge is -2.33. The molecule has 0 atom stereocenters. The SMILES string of the molecule is CC1(C)c2ccccc2-c2ccc(-c3ccccc3N(c3cccc(-c4ccccc4)c3-c3ccccc3-c3ccccc3)c3cc4ccccc4c4ccccc34)cc21. The summed E-state index contributed by atoms with van der Waals surface area (Å²) in [5.41, 5.74) is 18.1. The van der Waals surface area contributed by atoms with Gasteiger partial charge in [0.25, 0.3) is 0 Å². The van der Waals surface area contributed by atoms with Gasteiger partial charge in [-0.05, 0) is 96.1 Å². The van der Waals surface area contributed by atoms with Crippen LogP contribution in [0.4, 0.5) is 17.1 Å². The lowest BCUT2D eigenvalue weighted by molar-refractivity contribution is 0.660. The summed E-state index contributed by atoms with van der Waals surface area (Å²) in [4.78, 5) is 2.56. The second-order valence-electron chi connectivity index (χ2n) is 16.4. The number of hydrogen-bond acceptors (Lipinski definition) is 1. The van der Waals surface area contributed by atoms with Crippen molar-refractivity contribution in [3.05, 3.63) is 236 Å². The molecule has 0 unspecified atom stereocenters. The van der Waals surface area contributed by atoms with E-state index < -0.39 is 0 Å². The van der Waals surface area contributed by atoms with E-state index in [1.165, 1.54) is 88.3 Å². The minimum Gasteiger partial charge on any atom is -0.309 e. The van der Waals surface area contributed by atoms with Gasteiger partial charge in [-0.3, -0.25) is 0 Å². The van der Waals surface area contributed by atoms with Crippen molar-refractivity contribution in [2.75, 3.05) is 4.90 Å². The van der Waals surface area contributed by atoms with Gasteiger partial charge >= 0.3 is 0 Å². The van der Waals surface area contributed by atoms with Crippen LogP contribution in [0.15, 0.2) is 224 Å².